The molecule has 0 atom stereocenters. The van der Waals surface area contributed by atoms with Gasteiger partial charge in [0.2, 0.25) is 0 Å². The molecule has 4 heteroatoms. The topological polar surface area (TPSA) is 42.4 Å². The van der Waals surface area contributed by atoms with Gasteiger partial charge in [-0.25, -0.2) is 0 Å². The van der Waals surface area contributed by atoms with Crippen molar-refractivity contribution in [3.63, 3.8) is 0 Å². The van der Waals surface area contributed by atoms with Crippen molar-refractivity contribution in [3.8, 4) is 11.5 Å². The first kappa shape index (κ1) is 11.1. The summed E-state index contributed by atoms with van der Waals surface area (Å²) in [5.41, 5.74) is 0.822. The Labute approximate surface area is 102 Å². The van der Waals surface area contributed by atoms with E-state index < -0.39 is 0 Å². The van der Waals surface area contributed by atoms with E-state index in [2.05, 4.69) is 20.9 Å². The van der Waals surface area contributed by atoms with Gasteiger partial charge in [-0.05, 0) is 33.6 Å². The maximum atomic E-state index is 9.01. The lowest BCUT2D eigenvalue weighted by Gasteiger charge is -2.07. The highest BCUT2D eigenvalue weighted by atomic mass is 79.9. The van der Waals surface area contributed by atoms with Crippen molar-refractivity contribution in [2.24, 2.45) is 0 Å². The zero-order chi connectivity index (χ0) is 11.4. The van der Waals surface area contributed by atoms with Gasteiger partial charge >= 0.3 is 0 Å². The number of pyridine rings is 1. The highest BCUT2D eigenvalue weighted by Gasteiger charge is 2.02. The standard InChI is InChI=1S/C12H10BrNO2/c13-11-7-14-5-4-12(11)16-10-3-1-2-9(6-10)8-15/h1-7,15H,8H2. The Balaban J connectivity index is 2.24. The Morgan fingerprint density at radius 2 is 2.19 bits per heavy atom. The fourth-order valence-corrected chi connectivity index (χ4v) is 1.61. The monoisotopic (exact) mass is 279 g/mol. The molecular formula is C12H10BrNO2. The van der Waals surface area contributed by atoms with Crippen LogP contribution in [-0.4, -0.2) is 10.1 Å². The van der Waals surface area contributed by atoms with E-state index in [9.17, 15) is 0 Å². The summed E-state index contributed by atoms with van der Waals surface area (Å²) in [6.45, 7) is 0.00865. The summed E-state index contributed by atoms with van der Waals surface area (Å²) in [5, 5.41) is 9.01. The van der Waals surface area contributed by atoms with Gasteiger partial charge in [-0.1, -0.05) is 12.1 Å². The van der Waals surface area contributed by atoms with E-state index in [-0.39, 0.29) is 6.61 Å². The van der Waals surface area contributed by atoms with Gasteiger partial charge in [0.05, 0.1) is 11.1 Å². The maximum Gasteiger partial charge on any atom is 0.144 e. The third-order valence-corrected chi connectivity index (χ3v) is 2.64. The van der Waals surface area contributed by atoms with Crippen LogP contribution in [0, 0.1) is 0 Å². The summed E-state index contributed by atoms with van der Waals surface area (Å²) < 4.78 is 6.45. The van der Waals surface area contributed by atoms with Crippen LogP contribution in [0.4, 0.5) is 0 Å². The molecule has 1 N–H and O–H groups in total. The molecule has 0 aliphatic carbocycles. The normalized spacial score (nSPS) is 10.1. The Morgan fingerprint density at radius 1 is 1.31 bits per heavy atom. The number of benzene rings is 1. The molecule has 0 radical (unpaired) electrons. The molecule has 0 aliphatic heterocycles. The van der Waals surface area contributed by atoms with Crippen molar-refractivity contribution in [2.45, 2.75) is 6.61 Å². The first-order chi connectivity index (χ1) is 7.79. The minimum Gasteiger partial charge on any atom is -0.456 e. The molecule has 3 nitrogen and oxygen atoms in total. The molecule has 1 aromatic heterocycles. The Kier molecular flexibility index (Phi) is 3.54. The Bertz CT molecular complexity index is 488. The number of aromatic nitrogens is 1. The maximum absolute atomic E-state index is 9.01. The molecule has 0 aliphatic rings. The molecule has 0 amide bonds. The summed E-state index contributed by atoms with van der Waals surface area (Å²) in [6, 6.07) is 9.10. The van der Waals surface area contributed by atoms with Crippen LogP contribution < -0.4 is 4.74 Å². The van der Waals surface area contributed by atoms with E-state index in [1.165, 1.54) is 0 Å². The van der Waals surface area contributed by atoms with E-state index in [1.807, 2.05) is 18.2 Å². The molecule has 82 valence electrons. The van der Waals surface area contributed by atoms with Crippen LogP contribution in [0.15, 0.2) is 47.2 Å². The van der Waals surface area contributed by atoms with Gasteiger partial charge in [-0.2, -0.15) is 0 Å². The second kappa shape index (κ2) is 5.09. The Morgan fingerprint density at radius 3 is 2.94 bits per heavy atom. The average Bonchev–Trinajstić information content (AvgIpc) is 2.32. The molecule has 0 saturated carbocycles. The summed E-state index contributed by atoms with van der Waals surface area (Å²) >= 11 is 3.35. The summed E-state index contributed by atoms with van der Waals surface area (Å²) in [6.07, 6.45) is 3.33. The lowest BCUT2D eigenvalue weighted by molar-refractivity contribution is 0.281. The minimum atomic E-state index is 0.00865. The molecule has 2 aromatic rings. The fourth-order valence-electron chi connectivity index (χ4n) is 1.28. The SMILES string of the molecule is OCc1cccc(Oc2ccncc2Br)c1. The lowest BCUT2D eigenvalue weighted by Crippen LogP contribution is -1.88. The zero-order valence-electron chi connectivity index (χ0n) is 8.43. The van der Waals surface area contributed by atoms with Gasteiger partial charge in [0, 0.05) is 18.5 Å². The van der Waals surface area contributed by atoms with Gasteiger partial charge < -0.3 is 9.84 Å². The quantitative estimate of drug-likeness (QED) is 0.939. The van der Waals surface area contributed by atoms with E-state index in [1.54, 1.807) is 24.5 Å². The number of hydrogen-bond donors (Lipinski definition) is 1. The number of aliphatic hydroxyl groups excluding tert-OH is 1. The van der Waals surface area contributed by atoms with Crippen LogP contribution in [0.25, 0.3) is 0 Å². The van der Waals surface area contributed by atoms with Crippen molar-refractivity contribution in [2.75, 3.05) is 0 Å². The number of ether oxygens (including phenoxy) is 1. The van der Waals surface area contributed by atoms with Gasteiger partial charge in [-0.3, -0.25) is 4.98 Å². The first-order valence-corrected chi connectivity index (χ1v) is 5.56. The molecule has 0 fully saturated rings. The number of hydrogen-bond acceptors (Lipinski definition) is 3. The number of halogens is 1. The molecule has 1 heterocycles. The van der Waals surface area contributed by atoms with Crippen LogP contribution >= 0.6 is 15.9 Å². The molecule has 0 bridgehead atoms. The lowest BCUT2D eigenvalue weighted by atomic mass is 10.2. The Hall–Kier alpha value is -1.39. The fraction of sp³-hybridized carbons (Fsp3) is 0.0833. The first-order valence-electron chi connectivity index (χ1n) is 4.77. The molecule has 2 rings (SSSR count). The molecule has 0 spiro atoms. The molecule has 0 unspecified atom stereocenters. The molecule has 1 aromatic carbocycles. The molecule has 16 heavy (non-hydrogen) atoms. The highest BCUT2D eigenvalue weighted by molar-refractivity contribution is 9.10. The van der Waals surface area contributed by atoms with Crippen LogP contribution in [0.5, 0.6) is 11.5 Å². The summed E-state index contributed by atoms with van der Waals surface area (Å²) in [7, 11) is 0. The summed E-state index contributed by atoms with van der Waals surface area (Å²) in [5.74, 6) is 1.39. The van der Waals surface area contributed by atoms with Crippen LogP contribution in [0.1, 0.15) is 5.56 Å². The zero-order valence-corrected chi connectivity index (χ0v) is 10.0. The smallest absolute Gasteiger partial charge is 0.144 e. The van der Waals surface area contributed by atoms with Gasteiger partial charge in [0.15, 0.2) is 0 Å². The van der Waals surface area contributed by atoms with E-state index in [0.29, 0.717) is 11.5 Å². The minimum absolute atomic E-state index is 0.00865. The second-order valence-corrected chi connectivity index (χ2v) is 4.07. The van der Waals surface area contributed by atoms with Gasteiger partial charge in [0.1, 0.15) is 11.5 Å². The number of aliphatic hydroxyl groups is 1. The van der Waals surface area contributed by atoms with Crippen molar-refractivity contribution < 1.29 is 9.84 Å². The van der Waals surface area contributed by atoms with Crippen LogP contribution in [0.3, 0.4) is 0 Å². The predicted octanol–water partition coefficient (Wildman–Crippen LogP) is 3.13. The van der Waals surface area contributed by atoms with Crippen molar-refractivity contribution in [3.05, 3.63) is 52.8 Å². The van der Waals surface area contributed by atoms with Crippen LogP contribution in [0.2, 0.25) is 0 Å². The van der Waals surface area contributed by atoms with Crippen molar-refractivity contribution in [1.29, 1.82) is 0 Å². The average molecular weight is 280 g/mol. The van der Waals surface area contributed by atoms with Crippen LogP contribution in [-0.2, 0) is 6.61 Å². The molecule has 0 saturated heterocycles. The van der Waals surface area contributed by atoms with E-state index >= 15 is 0 Å². The van der Waals surface area contributed by atoms with Crippen molar-refractivity contribution in [1.82, 2.24) is 4.98 Å². The molecular weight excluding hydrogens is 270 g/mol. The largest absolute Gasteiger partial charge is 0.456 e. The third-order valence-electron chi connectivity index (χ3n) is 2.04. The van der Waals surface area contributed by atoms with E-state index in [0.717, 1.165) is 10.0 Å². The number of nitrogens with zero attached hydrogens (tertiary/aromatic N) is 1. The van der Waals surface area contributed by atoms with E-state index in [4.69, 9.17) is 9.84 Å². The van der Waals surface area contributed by atoms with Gasteiger partial charge in [-0.15, -0.1) is 0 Å². The summed E-state index contributed by atoms with van der Waals surface area (Å²) in [4.78, 5) is 3.95. The van der Waals surface area contributed by atoms with Crippen molar-refractivity contribution >= 4 is 15.9 Å². The van der Waals surface area contributed by atoms with Gasteiger partial charge in [0.25, 0.3) is 0 Å². The third kappa shape index (κ3) is 2.59. The highest BCUT2D eigenvalue weighted by Crippen LogP contribution is 2.28. The predicted molar refractivity (Wildman–Crippen MR) is 64.4 cm³/mol. The number of rotatable bonds is 3. The second-order valence-electron chi connectivity index (χ2n) is 3.21.